The van der Waals surface area contributed by atoms with Gasteiger partial charge in [-0.05, 0) is 43.3 Å². The number of ether oxygens (including phenoxy) is 1. The minimum Gasteiger partial charge on any atom is -0.399 e. The van der Waals surface area contributed by atoms with E-state index in [-0.39, 0.29) is 11.9 Å². The Kier molecular flexibility index (Phi) is 5.20. The molecule has 0 atom stereocenters. The van der Waals surface area contributed by atoms with Crippen molar-refractivity contribution >= 4 is 29.0 Å². The zero-order chi connectivity index (χ0) is 19.3. The highest BCUT2D eigenvalue weighted by Crippen LogP contribution is 2.20. The van der Waals surface area contributed by atoms with E-state index in [0.29, 0.717) is 5.69 Å². The number of anilines is 4. The zero-order valence-corrected chi connectivity index (χ0v) is 15.5. The highest BCUT2D eigenvalue weighted by atomic mass is 16.5. The number of aromatic nitrogens is 2. The van der Waals surface area contributed by atoms with Gasteiger partial charge < -0.3 is 24.7 Å². The van der Waals surface area contributed by atoms with Crippen LogP contribution in [0.4, 0.5) is 23.1 Å². The van der Waals surface area contributed by atoms with Gasteiger partial charge in [0.25, 0.3) is 0 Å². The van der Waals surface area contributed by atoms with Gasteiger partial charge in [0, 0.05) is 30.2 Å². The van der Waals surface area contributed by atoms with Crippen molar-refractivity contribution < 1.29 is 13.9 Å². The van der Waals surface area contributed by atoms with Crippen molar-refractivity contribution in [3.8, 4) is 0 Å². The minimum atomic E-state index is -0.455. The first kappa shape index (κ1) is 18.0. The van der Waals surface area contributed by atoms with Crippen LogP contribution in [0, 0.1) is 6.92 Å². The highest BCUT2D eigenvalue weighted by molar-refractivity contribution is 6.01. The Labute approximate surface area is 162 Å². The van der Waals surface area contributed by atoms with Crippen molar-refractivity contribution in [1.82, 2.24) is 10.2 Å². The third kappa shape index (κ3) is 4.29. The Morgan fingerprint density at radius 1 is 0.964 bits per heavy atom. The Hall–Kier alpha value is -3.39. The number of carbonyl (C=O) groups excluding carboxylic acids is 1. The van der Waals surface area contributed by atoms with Gasteiger partial charge in [0.05, 0.1) is 13.2 Å². The van der Waals surface area contributed by atoms with E-state index in [0.717, 1.165) is 43.2 Å². The van der Waals surface area contributed by atoms with Crippen molar-refractivity contribution in [2.24, 2.45) is 0 Å². The van der Waals surface area contributed by atoms with Crippen molar-refractivity contribution in [2.45, 2.75) is 6.92 Å². The first-order chi connectivity index (χ1) is 13.7. The van der Waals surface area contributed by atoms with E-state index < -0.39 is 5.91 Å². The average Bonchev–Trinajstić information content (AvgIpc) is 3.20. The van der Waals surface area contributed by atoms with Crippen LogP contribution in [0.15, 0.2) is 52.9 Å². The second-order valence-electron chi connectivity index (χ2n) is 6.50. The summed E-state index contributed by atoms with van der Waals surface area (Å²) in [6.07, 6.45) is 0. The molecule has 28 heavy (non-hydrogen) atoms. The molecular formula is C20H21N5O3. The molecule has 144 valence electrons. The maximum atomic E-state index is 12.3. The highest BCUT2D eigenvalue weighted by Gasteiger charge is 2.16. The van der Waals surface area contributed by atoms with E-state index in [1.807, 2.05) is 55.5 Å². The molecule has 4 rings (SSSR count). The summed E-state index contributed by atoms with van der Waals surface area (Å²) < 4.78 is 10.8. The van der Waals surface area contributed by atoms with Crippen molar-refractivity contribution in [3.63, 3.8) is 0 Å². The number of nitrogens with zero attached hydrogens (tertiary/aromatic N) is 3. The van der Waals surface area contributed by atoms with Gasteiger partial charge >= 0.3 is 17.8 Å². The monoisotopic (exact) mass is 379 g/mol. The molecular weight excluding hydrogens is 358 g/mol. The smallest absolute Gasteiger partial charge is 0.320 e. The molecule has 2 N–H and O–H groups in total. The van der Waals surface area contributed by atoms with Crippen molar-refractivity contribution in [3.05, 3.63) is 60.0 Å². The molecule has 2 heterocycles. The molecule has 0 saturated carbocycles. The summed E-state index contributed by atoms with van der Waals surface area (Å²) in [6.45, 7) is 5.20. The number of aryl methyl sites for hydroxylation is 1. The Morgan fingerprint density at radius 3 is 2.36 bits per heavy atom. The van der Waals surface area contributed by atoms with Crippen LogP contribution in [-0.4, -0.2) is 42.4 Å². The first-order valence-electron chi connectivity index (χ1n) is 9.09. The van der Waals surface area contributed by atoms with E-state index in [1.54, 1.807) is 0 Å². The fourth-order valence-electron chi connectivity index (χ4n) is 2.89. The predicted octanol–water partition coefficient (Wildman–Crippen LogP) is 3.21. The molecule has 0 unspecified atom stereocenters. The molecule has 1 fully saturated rings. The second kappa shape index (κ2) is 8.10. The molecule has 0 radical (unpaired) electrons. The van der Waals surface area contributed by atoms with Gasteiger partial charge in [0.15, 0.2) is 0 Å². The van der Waals surface area contributed by atoms with Gasteiger partial charge in [-0.1, -0.05) is 22.8 Å². The number of rotatable bonds is 5. The van der Waals surface area contributed by atoms with Crippen LogP contribution in [0.5, 0.6) is 0 Å². The SMILES string of the molecule is Cc1ccc(Nc2nnc(C(=O)Nc3ccc(N4CCOCC4)cc3)o2)cc1. The average molecular weight is 379 g/mol. The van der Waals surface area contributed by atoms with E-state index in [1.165, 1.54) is 0 Å². The van der Waals surface area contributed by atoms with Gasteiger partial charge in [-0.25, -0.2) is 0 Å². The molecule has 8 heteroatoms. The number of carbonyl (C=O) groups is 1. The predicted molar refractivity (Wildman–Crippen MR) is 106 cm³/mol. The van der Waals surface area contributed by atoms with Gasteiger partial charge in [0.2, 0.25) is 0 Å². The van der Waals surface area contributed by atoms with E-state index >= 15 is 0 Å². The van der Waals surface area contributed by atoms with Gasteiger partial charge in [-0.2, -0.15) is 0 Å². The molecule has 0 aliphatic carbocycles. The summed E-state index contributed by atoms with van der Waals surface area (Å²) in [5, 5.41) is 13.4. The van der Waals surface area contributed by atoms with Crippen molar-refractivity contribution in [1.29, 1.82) is 0 Å². The minimum absolute atomic E-state index is 0.105. The van der Waals surface area contributed by atoms with E-state index in [9.17, 15) is 4.79 Å². The van der Waals surface area contributed by atoms with Crippen LogP contribution in [-0.2, 0) is 4.74 Å². The first-order valence-corrected chi connectivity index (χ1v) is 9.09. The maximum absolute atomic E-state index is 12.3. The largest absolute Gasteiger partial charge is 0.399 e. The number of morpholine rings is 1. The molecule has 3 aromatic rings. The fraction of sp³-hybridized carbons (Fsp3) is 0.250. The third-order valence-electron chi connectivity index (χ3n) is 4.42. The van der Waals surface area contributed by atoms with Crippen LogP contribution in [0.2, 0.25) is 0 Å². The standard InChI is InChI=1S/C20H21N5O3/c1-14-2-4-16(5-3-14)22-20-24-23-19(28-20)18(26)21-15-6-8-17(9-7-15)25-10-12-27-13-11-25/h2-9H,10-13H2,1H3,(H,21,26)(H,22,24). The summed E-state index contributed by atoms with van der Waals surface area (Å²) in [5.41, 5.74) is 3.72. The molecule has 1 aromatic heterocycles. The van der Waals surface area contributed by atoms with Crippen LogP contribution in [0.3, 0.4) is 0 Å². The van der Waals surface area contributed by atoms with Crippen LogP contribution in [0.25, 0.3) is 0 Å². The zero-order valence-electron chi connectivity index (χ0n) is 15.5. The number of amides is 1. The molecule has 0 spiro atoms. The number of nitrogens with one attached hydrogen (secondary N) is 2. The summed E-state index contributed by atoms with van der Waals surface area (Å²) >= 11 is 0. The van der Waals surface area contributed by atoms with Crippen molar-refractivity contribution in [2.75, 3.05) is 41.8 Å². The topological polar surface area (TPSA) is 92.5 Å². The lowest BCUT2D eigenvalue weighted by Crippen LogP contribution is -2.36. The van der Waals surface area contributed by atoms with Gasteiger partial charge in [-0.15, -0.1) is 5.10 Å². The van der Waals surface area contributed by atoms with E-state index in [2.05, 4.69) is 25.7 Å². The lowest BCUT2D eigenvalue weighted by Gasteiger charge is -2.28. The normalized spacial score (nSPS) is 14.0. The second-order valence-corrected chi connectivity index (χ2v) is 6.50. The maximum Gasteiger partial charge on any atom is 0.320 e. The van der Waals surface area contributed by atoms with Gasteiger partial charge in [0.1, 0.15) is 0 Å². The summed E-state index contributed by atoms with van der Waals surface area (Å²) in [4.78, 5) is 14.6. The van der Waals surface area contributed by atoms with Crippen LogP contribution >= 0.6 is 0 Å². The molecule has 8 nitrogen and oxygen atoms in total. The summed E-state index contributed by atoms with van der Waals surface area (Å²) in [6, 6.07) is 15.5. The number of benzene rings is 2. The molecule has 1 aliphatic heterocycles. The molecule has 2 aromatic carbocycles. The van der Waals surface area contributed by atoms with Crippen LogP contribution in [0.1, 0.15) is 16.2 Å². The van der Waals surface area contributed by atoms with Crippen LogP contribution < -0.4 is 15.5 Å². The Bertz CT molecular complexity index is 931. The molecule has 1 amide bonds. The lowest BCUT2D eigenvalue weighted by molar-refractivity contribution is 0.0991. The molecule has 1 saturated heterocycles. The molecule has 0 bridgehead atoms. The van der Waals surface area contributed by atoms with E-state index in [4.69, 9.17) is 9.15 Å². The summed E-state index contributed by atoms with van der Waals surface area (Å²) in [5.74, 6) is -0.560. The Morgan fingerprint density at radius 2 is 1.64 bits per heavy atom. The lowest BCUT2D eigenvalue weighted by atomic mass is 10.2. The Balaban J connectivity index is 1.37. The van der Waals surface area contributed by atoms with Gasteiger partial charge in [-0.3, -0.25) is 4.79 Å². The number of hydrogen-bond acceptors (Lipinski definition) is 7. The third-order valence-corrected chi connectivity index (χ3v) is 4.42. The fourth-order valence-corrected chi connectivity index (χ4v) is 2.89. The summed E-state index contributed by atoms with van der Waals surface area (Å²) in [7, 11) is 0. The number of hydrogen-bond donors (Lipinski definition) is 2. The molecule has 1 aliphatic rings. The quantitative estimate of drug-likeness (QED) is 0.703.